The molecule has 0 aliphatic heterocycles. The minimum Gasteiger partial charge on any atom is -0.353 e. The number of methoxy groups -OCH3 is 2. The van der Waals surface area contributed by atoms with Gasteiger partial charge in [0.2, 0.25) is 0 Å². The summed E-state index contributed by atoms with van der Waals surface area (Å²) in [5, 5.41) is 0.825. The molecule has 0 fully saturated rings. The van der Waals surface area contributed by atoms with Crippen LogP contribution < -0.4 is 0 Å². The Morgan fingerprint density at radius 3 is 1.92 bits per heavy atom. The van der Waals surface area contributed by atoms with Gasteiger partial charge >= 0.3 is 0 Å². The van der Waals surface area contributed by atoms with Crippen LogP contribution in [0.25, 0.3) is 0 Å². The normalized spacial score (nSPS) is 14.0. The topological polar surface area (TPSA) is 18.5 Å². The zero-order chi connectivity index (χ0) is 10.5. The fourth-order valence-electron chi connectivity index (χ4n) is 1.28. The number of hydrogen-bond donors (Lipinski definition) is 0. The number of alkyl halides is 1. The van der Waals surface area contributed by atoms with Gasteiger partial charge in [-0.1, -0.05) is 41.6 Å². The number of halogens is 1. The Morgan fingerprint density at radius 1 is 1.23 bits per heavy atom. The molecule has 0 aliphatic rings. The van der Waals surface area contributed by atoms with Crippen molar-refractivity contribution in [1.82, 2.24) is 0 Å². The van der Waals surface area contributed by atoms with Crippen LogP contribution in [0.15, 0.2) is 12.2 Å². The van der Waals surface area contributed by atoms with E-state index in [0.717, 1.165) is 5.33 Å². The molecule has 0 radical (unpaired) electrons. The molecule has 78 valence electrons. The molecule has 0 saturated heterocycles. The second kappa shape index (κ2) is 5.29. The van der Waals surface area contributed by atoms with Gasteiger partial charge in [-0.15, -0.1) is 0 Å². The molecule has 0 atom stereocenters. The number of ether oxygens (including phenoxy) is 2. The van der Waals surface area contributed by atoms with Crippen LogP contribution in [0.4, 0.5) is 0 Å². The molecular weight excluding hydrogens is 248 g/mol. The molecule has 0 saturated carbocycles. The molecule has 0 spiro atoms. The third kappa shape index (κ3) is 3.20. The van der Waals surface area contributed by atoms with E-state index in [-0.39, 0.29) is 0 Å². The summed E-state index contributed by atoms with van der Waals surface area (Å²) in [7, 11) is 1.86. The molecule has 0 heterocycles. The molecule has 0 aromatic rings. The first-order valence-electron chi connectivity index (χ1n) is 4.27. The quantitative estimate of drug-likeness (QED) is 0.330. The minimum absolute atomic E-state index is 0.499. The fraction of sp³-hybridized carbons (Fsp3) is 0.778. The van der Waals surface area contributed by atoms with E-state index in [1.54, 1.807) is 14.2 Å². The standard InChI is InChI=1S/C9H19BrO2Si/c1-11-9(12-2,7-6-8-10)13(3,4)5/h6-7H,8H2,1-5H3/b7-6+. The molecular formula is C9H19BrO2Si. The SMILES string of the molecule is COC(/C=C/CBr)(OC)[Si](C)(C)C. The number of rotatable bonds is 5. The van der Waals surface area contributed by atoms with Gasteiger partial charge in [-0.3, -0.25) is 0 Å². The fourth-order valence-corrected chi connectivity index (χ4v) is 3.31. The summed E-state index contributed by atoms with van der Waals surface area (Å²) in [6.07, 6.45) is 4.03. The number of allylic oxidation sites excluding steroid dienone is 1. The maximum absolute atomic E-state index is 5.49. The Balaban J connectivity index is 4.81. The summed E-state index contributed by atoms with van der Waals surface area (Å²) in [5.74, 6) is 0. The highest BCUT2D eigenvalue weighted by Crippen LogP contribution is 2.26. The lowest BCUT2D eigenvalue weighted by molar-refractivity contribution is -0.114. The molecule has 0 amide bonds. The first kappa shape index (κ1) is 13.4. The molecule has 0 aliphatic carbocycles. The van der Waals surface area contributed by atoms with Gasteiger partial charge < -0.3 is 9.47 Å². The zero-order valence-corrected chi connectivity index (χ0v) is 11.6. The van der Waals surface area contributed by atoms with Gasteiger partial charge in [0.15, 0.2) is 5.41 Å². The lowest BCUT2D eigenvalue weighted by Crippen LogP contribution is -2.53. The minimum atomic E-state index is -1.53. The van der Waals surface area contributed by atoms with Gasteiger partial charge in [-0.25, -0.2) is 0 Å². The second-order valence-electron chi connectivity index (χ2n) is 3.88. The third-order valence-electron chi connectivity index (χ3n) is 2.08. The lowest BCUT2D eigenvalue weighted by atomic mass is 10.5. The average Bonchev–Trinajstić information content (AvgIpc) is 2.05. The van der Waals surface area contributed by atoms with E-state index in [2.05, 4.69) is 35.6 Å². The second-order valence-corrected chi connectivity index (χ2v) is 9.73. The molecule has 0 N–H and O–H groups in total. The van der Waals surface area contributed by atoms with Crippen LogP contribution in [-0.2, 0) is 9.47 Å². The van der Waals surface area contributed by atoms with Crippen molar-refractivity contribution in [3.8, 4) is 0 Å². The highest BCUT2D eigenvalue weighted by atomic mass is 79.9. The van der Waals surface area contributed by atoms with E-state index in [1.165, 1.54) is 0 Å². The zero-order valence-electron chi connectivity index (χ0n) is 9.06. The van der Waals surface area contributed by atoms with Gasteiger partial charge in [0.25, 0.3) is 0 Å². The largest absolute Gasteiger partial charge is 0.353 e. The Kier molecular flexibility index (Phi) is 5.44. The Labute approximate surface area is 90.4 Å². The molecule has 0 bridgehead atoms. The first-order valence-corrected chi connectivity index (χ1v) is 8.89. The molecule has 2 nitrogen and oxygen atoms in total. The Bertz CT molecular complexity index is 171. The van der Waals surface area contributed by atoms with Crippen molar-refractivity contribution in [2.75, 3.05) is 19.5 Å². The highest BCUT2D eigenvalue weighted by Gasteiger charge is 2.41. The Morgan fingerprint density at radius 2 is 1.69 bits per heavy atom. The van der Waals surface area contributed by atoms with E-state index >= 15 is 0 Å². The van der Waals surface area contributed by atoms with Crippen molar-refractivity contribution in [2.45, 2.75) is 25.1 Å². The summed E-state index contributed by atoms with van der Waals surface area (Å²) in [5.41, 5.74) is -0.499. The van der Waals surface area contributed by atoms with E-state index in [0.29, 0.717) is 0 Å². The lowest BCUT2D eigenvalue weighted by Gasteiger charge is -2.38. The molecule has 0 unspecified atom stereocenters. The summed E-state index contributed by atoms with van der Waals surface area (Å²) in [6.45, 7) is 6.66. The van der Waals surface area contributed by atoms with E-state index in [1.807, 2.05) is 12.2 Å². The third-order valence-corrected chi connectivity index (χ3v) is 5.12. The van der Waals surface area contributed by atoms with Gasteiger partial charge in [-0.05, 0) is 6.08 Å². The van der Waals surface area contributed by atoms with Crippen LogP contribution in [-0.4, -0.2) is 33.0 Å². The van der Waals surface area contributed by atoms with Crippen LogP contribution in [0.5, 0.6) is 0 Å². The van der Waals surface area contributed by atoms with Crippen LogP contribution in [0, 0.1) is 0 Å². The maximum atomic E-state index is 5.49. The molecule has 13 heavy (non-hydrogen) atoms. The van der Waals surface area contributed by atoms with Crippen LogP contribution >= 0.6 is 15.9 Å². The summed E-state index contributed by atoms with van der Waals surface area (Å²) < 4.78 is 11.0. The molecule has 0 rings (SSSR count). The van der Waals surface area contributed by atoms with E-state index in [4.69, 9.17) is 9.47 Å². The van der Waals surface area contributed by atoms with Crippen LogP contribution in [0.1, 0.15) is 0 Å². The monoisotopic (exact) mass is 266 g/mol. The highest BCUT2D eigenvalue weighted by molar-refractivity contribution is 9.09. The Hall–Kier alpha value is 0.357. The molecule has 4 heteroatoms. The van der Waals surface area contributed by atoms with Crippen molar-refractivity contribution >= 4 is 24.0 Å². The van der Waals surface area contributed by atoms with Crippen molar-refractivity contribution < 1.29 is 9.47 Å². The van der Waals surface area contributed by atoms with Crippen molar-refractivity contribution in [3.63, 3.8) is 0 Å². The predicted molar refractivity (Wildman–Crippen MR) is 63.0 cm³/mol. The van der Waals surface area contributed by atoms with Gasteiger partial charge in [0.1, 0.15) is 8.07 Å². The number of hydrogen-bond acceptors (Lipinski definition) is 2. The molecule has 0 aromatic heterocycles. The van der Waals surface area contributed by atoms with Crippen LogP contribution in [0.2, 0.25) is 19.6 Å². The molecule has 0 aromatic carbocycles. The summed E-state index contributed by atoms with van der Waals surface area (Å²) >= 11 is 3.34. The predicted octanol–water partition coefficient (Wildman–Crippen LogP) is 2.80. The summed E-state index contributed by atoms with van der Waals surface area (Å²) in [4.78, 5) is 0. The average molecular weight is 267 g/mol. The summed E-state index contributed by atoms with van der Waals surface area (Å²) in [6, 6.07) is 0. The van der Waals surface area contributed by atoms with Gasteiger partial charge in [0.05, 0.1) is 0 Å². The van der Waals surface area contributed by atoms with E-state index < -0.39 is 13.5 Å². The smallest absolute Gasteiger partial charge is 0.168 e. The van der Waals surface area contributed by atoms with Crippen molar-refractivity contribution in [2.24, 2.45) is 0 Å². The van der Waals surface area contributed by atoms with Crippen molar-refractivity contribution in [1.29, 1.82) is 0 Å². The van der Waals surface area contributed by atoms with Crippen LogP contribution in [0.3, 0.4) is 0 Å². The van der Waals surface area contributed by atoms with Gasteiger partial charge in [0, 0.05) is 19.5 Å². The van der Waals surface area contributed by atoms with Crippen molar-refractivity contribution in [3.05, 3.63) is 12.2 Å². The van der Waals surface area contributed by atoms with Gasteiger partial charge in [-0.2, -0.15) is 0 Å². The maximum Gasteiger partial charge on any atom is 0.168 e. The van der Waals surface area contributed by atoms with E-state index in [9.17, 15) is 0 Å². The first-order chi connectivity index (χ1) is 5.93.